The number of halogens is 2. The van der Waals surface area contributed by atoms with Gasteiger partial charge in [-0.25, -0.2) is 0 Å². The number of aromatic nitrogens is 1. The van der Waals surface area contributed by atoms with E-state index in [1.54, 1.807) is 13.1 Å². The summed E-state index contributed by atoms with van der Waals surface area (Å²) < 4.78 is 28.3. The molecule has 0 bridgehead atoms. The average molecular weight is 293 g/mol. The van der Waals surface area contributed by atoms with Crippen molar-refractivity contribution in [3.05, 3.63) is 48.3 Å². The third-order valence-corrected chi connectivity index (χ3v) is 2.82. The molecule has 0 aliphatic heterocycles. The number of benzene rings is 1. The number of carbonyl (C=O) groups is 1. The van der Waals surface area contributed by atoms with Gasteiger partial charge < -0.3 is 15.4 Å². The summed E-state index contributed by atoms with van der Waals surface area (Å²) in [5.41, 5.74) is 6.97. The molecule has 2 rings (SSSR count). The van der Waals surface area contributed by atoms with E-state index in [1.807, 2.05) is 0 Å². The number of rotatable bonds is 4. The highest BCUT2D eigenvalue weighted by molar-refractivity contribution is 6.07. The Labute approximate surface area is 120 Å². The van der Waals surface area contributed by atoms with Gasteiger partial charge in [0.2, 0.25) is 0 Å². The molecule has 0 spiro atoms. The van der Waals surface area contributed by atoms with Crippen LogP contribution in [-0.2, 0) is 0 Å². The first-order chi connectivity index (χ1) is 9.99. The van der Waals surface area contributed by atoms with E-state index in [9.17, 15) is 13.6 Å². The maximum Gasteiger partial charge on any atom is 0.387 e. The molecule has 2 aromatic rings. The molecule has 2 N–H and O–H groups in total. The minimum absolute atomic E-state index is 0.00683. The molecule has 0 saturated carbocycles. The fourth-order valence-electron chi connectivity index (χ4n) is 1.79. The zero-order valence-corrected chi connectivity index (χ0v) is 11.2. The van der Waals surface area contributed by atoms with E-state index < -0.39 is 6.61 Å². The lowest BCUT2D eigenvalue weighted by Gasteiger charge is -2.19. The van der Waals surface area contributed by atoms with Crippen LogP contribution in [0.5, 0.6) is 5.75 Å². The summed E-state index contributed by atoms with van der Waals surface area (Å²) in [5.74, 6) is -0.330. The number of amides is 1. The molecule has 0 aliphatic rings. The second-order valence-corrected chi connectivity index (χ2v) is 4.20. The number of carbonyl (C=O) groups excluding carboxylic acids is 1. The number of pyridine rings is 1. The van der Waals surface area contributed by atoms with Crippen LogP contribution in [0.1, 0.15) is 10.4 Å². The van der Waals surface area contributed by atoms with E-state index in [1.165, 1.54) is 41.6 Å². The van der Waals surface area contributed by atoms with Gasteiger partial charge in [-0.05, 0) is 30.3 Å². The maximum absolute atomic E-state index is 12.3. The quantitative estimate of drug-likeness (QED) is 0.940. The van der Waals surface area contributed by atoms with Crippen molar-refractivity contribution in [1.29, 1.82) is 0 Å². The van der Waals surface area contributed by atoms with Crippen LogP contribution in [-0.4, -0.2) is 24.6 Å². The van der Waals surface area contributed by atoms with Crippen molar-refractivity contribution in [1.82, 2.24) is 4.98 Å². The molecule has 0 atom stereocenters. The van der Waals surface area contributed by atoms with Crippen molar-refractivity contribution in [3.63, 3.8) is 0 Å². The van der Waals surface area contributed by atoms with E-state index in [4.69, 9.17) is 5.73 Å². The highest BCUT2D eigenvalue weighted by atomic mass is 19.3. The monoisotopic (exact) mass is 293 g/mol. The Hall–Kier alpha value is -2.70. The first kappa shape index (κ1) is 14.7. The maximum atomic E-state index is 12.3. The average Bonchev–Trinajstić information content (AvgIpc) is 2.46. The molecule has 1 aromatic carbocycles. The lowest BCUT2D eigenvalue weighted by atomic mass is 10.2. The fraction of sp³-hybridized carbons (Fsp3) is 0.143. The molecule has 0 radical (unpaired) electrons. The Bertz CT molecular complexity index is 632. The molecule has 0 saturated heterocycles. The third-order valence-electron chi connectivity index (χ3n) is 2.82. The van der Waals surface area contributed by atoms with E-state index in [0.717, 1.165) is 0 Å². The van der Waals surface area contributed by atoms with Gasteiger partial charge in [-0.2, -0.15) is 8.78 Å². The number of nitrogens with two attached hydrogens (primary N) is 1. The molecule has 0 fully saturated rings. The van der Waals surface area contributed by atoms with Crippen LogP contribution in [0.3, 0.4) is 0 Å². The van der Waals surface area contributed by atoms with Gasteiger partial charge in [0.1, 0.15) is 5.75 Å². The summed E-state index contributed by atoms with van der Waals surface area (Å²) in [6, 6.07) is 7.05. The molecule has 1 amide bonds. The van der Waals surface area contributed by atoms with Gasteiger partial charge in [0.25, 0.3) is 5.91 Å². The van der Waals surface area contributed by atoms with Gasteiger partial charge in [0, 0.05) is 18.8 Å². The third kappa shape index (κ3) is 3.44. The lowest BCUT2D eigenvalue weighted by molar-refractivity contribution is -0.0498. The van der Waals surface area contributed by atoms with Crippen LogP contribution in [0.25, 0.3) is 0 Å². The number of alkyl halides is 2. The summed E-state index contributed by atoms with van der Waals surface area (Å²) in [4.78, 5) is 17.5. The van der Waals surface area contributed by atoms with Crippen LogP contribution >= 0.6 is 0 Å². The summed E-state index contributed by atoms with van der Waals surface area (Å²) in [5, 5.41) is 0. The van der Waals surface area contributed by atoms with Crippen LogP contribution in [0, 0.1) is 0 Å². The fourth-order valence-corrected chi connectivity index (χ4v) is 1.79. The highest BCUT2D eigenvalue weighted by Gasteiger charge is 2.16. The van der Waals surface area contributed by atoms with Crippen molar-refractivity contribution >= 4 is 17.3 Å². The number of nitrogen functional groups attached to an aromatic ring is 1. The topological polar surface area (TPSA) is 68.5 Å². The predicted octanol–water partition coefficient (Wildman–Crippen LogP) is 2.54. The van der Waals surface area contributed by atoms with Crippen LogP contribution in [0.15, 0.2) is 42.7 Å². The van der Waals surface area contributed by atoms with E-state index in [-0.39, 0.29) is 11.7 Å². The van der Waals surface area contributed by atoms with Gasteiger partial charge in [-0.3, -0.25) is 9.78 Å². The van der Waals surface area contributed by atoms with Gasteiger partial charge in [-0.1, -0.05) is 0 Å². The second-order valence-electron chi connectivity index (χ2n) is 4.20. The van der Waals surface area contributed by atoms with E-state index in [2.05, 4.69) is 9.72 Å². The SMILES string of the molecule is CN(C(=O)c1ccc(OC(F)F)cc1)c1ccncc1N. The molecule has 110 valence electrons. The molecule has 0 aliphatic carbocycles. The molecule has 1 heterocycles. The normalized spacial score (nSPS) is 10.5. The zero-order valence-electron chi connectivity index (χ0n) is 11.2. The van der Waals surface area contributed by atoms with Crippen molar-refractivity contribution in [2.75, 3.05) is 17.7 Å². The number of ether oxygens (including phenoxy) is 1. The number of anilines is 2. The standard InChI is InChI=1S/C14H13F2N3O2/c1-19(12-6-7-18-8-11(12)17)13(20)9-2-4-10(5-3-9)21-14(15)16/h2-8,14H,17H2,1H3. The number of nitrogens with zero attached hydrogens (tertiary/aromatic N) is 2. The van der Waals surface area contributed by atoms with Crippen LogP contribution < -0.4 is 15.4 Å². The van der Waals surface area contributed by atoms with Crippen LogP contribution in [0.4, 0.5) is 20.2 Å². The molecule has 1 aromatic heterocycles. The van der Waals surface area contributed by atoms with Crippen molar-refractivity contribution in [2.24, 2.45) is 0 Å². The van der Waals surface area contributed by atoms with E-state index >= 15 is 0 Å². The van der Waals surface area contributed by atoms with Crippen molar-refractivity contribution in [2.45, 2.75) is 6.61 Å². The first-order valence-electron chi connectivity index (χ1n) is 6.01. The largest absolute Gasteiger partial charge is 0.435 e. The van der Waals surface area contributed by atoms with Gasteiger partial charge in [-0.15, -0.1) is 0 Å². The summed E-state index contributed by atoms with van der Waals surface area (Å²) in [6.07, 6.45) is 2.97. The minimum Gasteiger partial charge on any atom is -0.435 e. The number of hydrogen-bond donors (Lipinski definition) is 1. The smallest absolute Gasteiger partial charge is 0.387 e. The Morgan fingerprint density at radius 1 is 1.29 bits per heavy atom. The van der Waals surface area contributed by atoms with Crippen molar-refractivity contribution < 1.29 is 18.3 Å². The predicted molar refractivity (Wildman–Crippen MR) is 74.5 cm³/mol. The summed E-state index contributed by atoms with van der Waals surface area (Å²) in [7, 11) is 1.57. The van der Waals surface area contributed by atoms with Crippen molar-refractivity contribution in [3.8, 4) is 5.75 Å². The number of hydrogen-bond acceptors (Lipinski definition) is 4. The summed E-state index contributed by atoms with van der Waals surface area (Å²) >= 11 is 0. The Kier molecular flexibility index (Phi) is 4.32. The second kappa shape index (κ2) is 6.17. The van der Waals surface area contributed by atoms with E-state index in [0.29, 0.717) is 16.9 Å². The first-order valence-corrected chi connectivity index (χ1v) is 6.01. The molecule has 5 nitrogen and oxygen atoms in total. The highest BCUT2D eigenvalue weighted by Crippen LogP contribution is 2.22. The Morgan fingerprint density at radius 2 is 1.95 bits per heavy atom. The Morgan fingerprint density at radius 3 is 2.52 bits per heavy atom. The molecule has 7 heteroatoms. The molecular weight excluding hydrogens is 280 g/mol. The lowest BCUT2D eigenvalue weighted by Crippen LogP contribution is -2.27. The van der Waals surface area contributed by atoms with Gasteiger partial charge in [0.15, 0.2) is 0 Å². The molecule has 0 unspecified atom stereocenters. The summed E-state index contributed by atoms with van der Waals surface area (Å²) in [6.45, 7) is -2.90. The Balaban J connectivity index is 2.18. The molecular formula is C14H13F2N3O2. The zero-order chi connectivity index (χ0) is 15.4. The minimum atomic E-state index is -2.90. The van der Waals surface area contributed by atoms with Gasteiger partial charge in [0.05, 0.1) is 17.6 Å². The van der Waals surface area contributed by atoms with Gasteiger partial charge >= 0.3 is 6.61 Å². The molecule has 21 heavy (non-hydrogen) atoms. The van der Waals surface area contributed by atoms with Crippen LogP contribution in [0.2, 0.25) is 0 Å².